The number of aromatic nitrogens is 1. The normalized spacial score (nSPS) is 10.9. The van der Waals surface area contributed by atoms with Crippen molar-refractivity contribution in [1.82, 2.24) is 4.98 Å². The maximum Gasteiger partial charge on any atom is 0.573 e. The number of rotatable bonds is 1. The van der Waals surface area contributed by atoms with Crippen molar-refractivity contribution in [3.63, 3.8) is 0 Å². The van der Waals surface area contributed by atoms with Gasteiger partial charge in [-0.25, -0.2) is 4.98 Å². The third kappa shape index (κ3) is 2.74. The second-order valence-corrected chi connectivity index (χ2v) is 2.69. The fourth-order valence-corrected chi connectivity index (χ4v) is 0.985. The van der Waals surface area contributed by atoms with Crippen molar-refractivity contribution in [2.45, 2.75) is 13.3 Å². The number of ether oxygens (including phenoxy) is 1. The zero-order valence-corrected chi connectivity index (χ0v) is 7.59. The van der Waals surface area contributed by atoms with E-state index >= 15 is 0 Å². The molecule has 2 N–H and O–H groups in total. The first-order chi connectivity index (χ1) is 6.83. The minimum absolute atomic E-state index is 0.267. The van der Waals surface area contributed by atoms with Gasteiger partial charge in [0.15, 0.2) is 11.4 Å². The number of pyridine rings is 1. The zero-order chi connectivity index (χ0) is 11.6. The summed E-state index contributed by atoms with van der Waals surface area (Å²) >= 11 is 0. The molecule has 0 atom stereocenters. The van der Waals surface area contributed by atoms with Gasteiger partial charge in [-0.2, -0.15) is 5.26 Å². The van der Waals surface area contributed by atoms with Crippen LogP contribution in [0.5, 0.6) is 5.75 Å². The Kier molecular flexibility index (Phi) is 2.70. The van der Waals surface area contributed by atoms with Gasteiger partial charge in [-0.15, -0.1) is 13.2 Å². The van der Waals surface area contributed by atoms with E-state index in [0.717, 1.165) is 0 Å². The van der Waals surface area contributed by atoms with Crippen LogP contribution >= 0.6 is 0 Å². The van der Waals surface area contributed by atoms with E-state index in [2.05, 4.69) is 9.72 Å². The van der Waals surface area contributed by atoms with Crippen molar-refractivity contribution in [3.8, 4) is 11.8 Å². The predicted octanol–water partition coefficient (Wildman–Crippen LogP) is 1.74. The molecule has 0 saturated heterocycles. The maximum absolute atomic E-state index is 11.9. The number of nitrogen functional groups attached to an aromatic ring is 1. The molecule has 0 saturated carbocycles. The summed E-state index contributed by atoms with van der Waals surface area (Å²) in [6, 6.07) is 2.68. The molecule has 1 rings (SSSR count). The topological polar surface area (TPSA) is 71.9 Å². The third-order valence-electron chi connectivity index (χ3n) is 1.45. The van der Waals surface area contributed by atoms with E-state index in [4.69, 9.17) is 11.0 Å². The highest BCUT2D eigenvalue weighted by Crippen LogP contribution is 2.30. The number of nitrogens with zero attached hydrogens (tertiary/aromatic N) is 2. The number of nitriles is 1. The Hall–Kier alpha value is -1.97. The van der Waals surface area contributed by atoms with E-state index in [-0.39, 0.29) is 5.69 Å². The van der Waals surface area contributed by atoms with Gasteiger partial charge in [-0.3, -0.25) is 0 Å². The Balaban J connectivity index is 3.23. The fraction of sp³-hybridized carbons (Fsp3) is 0.250. The van der Waals surface area contributed by atoms with Crippen molar-refractivity contribution in [1.29, 1.82) is 5.26 Å². The van der Waals surface area contributed by atoms with E-state index in [1.54, 1.807) is 0 Å². The van der Waals surface area contributed by atoms with E-state index in [9.17, 15) is 13.2 Å². The first-order valence-electron chi connectivity index (χ1n) is 3.76. The molecule has 80 valence electrons. The van der Waals surface area contributed by atoms with Crippen molar-refractivity contribution in [3.05, 3.63) is 17.5 Å². The Morgan fingerprint density at radius 1 is 1.53 bits per heavy atom. The average Bonchev–Trinajstić information content (AvgIpc) is 2.07. The number of aryl methyl sites for hydroxylation is 1. The number of hydrogen-bond donors (Lipinski definition) is 1. The van der Waals surface area contributed by atoms with Crippen LogP contribution in [0.25, 0.3) is 0 Å². The molecule has 0 aliphatic rings. The second kappa shape index (κ2) is 3.65. The minimum atomic E-state index is -4.89. The number of hydrogen-bond acceptors (Lipinski definition) is 4. The lowest BCUT2D eigenvalue weighted by Crippen LogP contribution is -2.19. The number of halogens is 3. The lowest BCUT2D eigenvalue weighted by atomic mass is 10.2. The average molecular weight is 217 g/mol. The summed E-state index contributed by atoms with van der Waals surface area (Å²) in [7, 11) is 0. The van der Waals surface area contributed by atoms with Gasteiger partial charge in [-0.05, 0) is 13.0 Å². The third-order valence-corrected chi connectivity index (χ3v) is 1.45. The molecule has 0 aliphatic carbocycles. The van der Waals surface area contributed by atoms with Crippen LogP contribution < -0.4 is 10.5 Å². The molecule has 0 aromatic carbocycles. The lowest BCUT2D eigenvalue weighted by Gasteiger charge is -2.12. The van der Waals surface area contributed by atoms with E-state index in [0.29, 0.717) is 5.69 Å². The van der Waals surface area contributed by atoms with Gasteiger partial charge in [0, 0.05) is 5.69 Å². The van der Waals surface area contributed by atoms with Gasteiger partial charge in [0.25, 0.3) is 0 Å². The first-order valence-corrected chi connectivity index (χ1v) is 3.76. The van der Waals surface area contributed by atoms with Gasteiger partial charge in [0.1, 0.15) is 6.07 Å². The van der Waals surface area contributed by atoms with Crippen LogP contribution in [-0.2, 0) is 0 Å². The molecule has 1 heterocycles. The molecule has 0 aliphatic heterocycles. The largest absolute Gasteiger partial charge is 0.573 e. The summed E-state index contributed by atoms with van der Waals surface area (Å²) in [4.78, 5) is 3.57. The summed E-state index contributed by atoms with van der Waals surface area (Å²) in [5.74, 6) is -0.754. The molecule has 4 nitrogen and oxygen atoms in total. The molecule has 0 fully saturated rings. The molecule has 7 heteroatoms. The highest BCUT2D eigenvalue weighted by atomic mass is 19.4. The molecule has 0 amide bonds. The predicted molar refractivity (Wildman–Crippen MR) is 44.8 cm³/mol. The summed E-state index contributed by atoms with van der Waals surface area (Å²) in [5.41, 5.74) is 4.89. The number of alkyl halides is 3. The van der Waals surface area contributed by atoms with Gasteiger partial charge in [0.2, 0.25) is 0 Å². The van der Waals surface area contributed by atoms with Crippen molar-refractivity contribution in [2.75, 3.05) is 5.73 Å². The Bertz CT molecular complexity index is 422. The smallest absolute Gasteiger partial charge is 0.400 e. The number of anilines is 1. The van der Waals surface area contributed by atoms with Gasteiger partial charge >= 0.3 is 6.36 Å². The van der Waals surface area contributed by atoms with Gasteiger partial charge in [0.05, 0.1) is 5.69 Å². The van der Waals surface area contributed by atoms with Crippen LogP contribution in [0.15, 0.2) is 6.07 Å². The summed E-state index contributed by atoms with van der Waals surface area (Å²) in [6.07, 6.45) is -4.89. The molecule has 1 aromatic heterocycles. The van der Waals surface area contributed by atoms with E-state index < -0.39 is 17.8 Å². The molecule has 0 radical (unpaired) electrons. The second-order valence-electron chi connectivity index (χ2n) is 2.69. The molecule has 0 bridgehead atoms. The summed E-state index contributed by atoms with van der Waals surface area (Å²) in [6.45, 7) is 1.51. The Morgan fingerprint density at radius 2 is 2.13 bits per heavy atom. The standard InChI is InChI=1S/C8H6F3N3O/c1-4-2-5(13)7(6(3-12)14-4)15-8(9,10)11/h2H,1H3,(H2,13,14). The Morgan fingerprint density at radius 3 is 2.60 bits per heavy atom. The van der Waals surface area contributed by atoms with Crippen LogP contribution in [0.4, 0.5) is 18.9 Å². The van der Waals surface area contributed by atoms with Crippen molar-refractivity contribution in [2.24, 2.45) is 0 Å². The van der Waals surface area contributed by atoms with Gasteiger partial charge < -0.3 is 10.5 Å². The van der Waals surface area contributed by atoms with E-state index in [1.807, 2.05) is 0 Å². The zero-order valence-electron chi connectivity index (χ0n) is 7.59. The molecule has 0 spiro atoms. The van der Waals surface area contributed by atoms with Gasteiger partial charge in [-0.1, -0.05) is 0 Å². The SMILES string of the molecule is Cc1cc(N)c(OC(F)(F)F)c(C#N)n1. The summed E-state index contributed by atoms with van der Waals surface area (Å²) < 4.78 is 39.4. The molecular formula is C8H6F3N3O. The van der Waals surface area contributed by atoms with Crippen molar-refractivity contribution < 1.29 is 17.9 Å². The maximum atomic E-state index is 11.9. The van der Waals surface area contributed by atoms with Crippen molar-refractivity contribution >= 4 is 5.69 Å². The molecule has 0 unspecified atom stereocenters. The van der Waals surface area contributed by atoms with Crippen LogP contribution in [0.3, 0.4) is 0 Å². The Labute approximate surface area is 83.1 Å². The fourth-order valence-electron chi connectivity index (χ4n) is 0.985. The minimum Gasteiger partial charge on any atom is -0.400 e. The van der Waals surface area contributed by atoms with Crippen LogP contribution in [0.2, 0.25) is 0 Å². The molecule has 1 aromatic rings. The highest BCUT2D eigenvalue weighted by Gasteiger charge is 2.33. The summed E-state index contributed by atoms with van der Waals surface area (Å²) in [5, 5.41) is 8.55. The molecular weight excluding hydrogens is 211 g/mol. The molecule has 15 heavy (non-hydrogen) atoms. The van der Waals surface area contributed by atoms with Crippen LogP contribution in [0, 0.1) is 18.3 Å². The number of nitrogens with two attached hydrogens (primary N) is 1. The quantitative estimate of drug-likeness (QED) is 0.777. The lowest BCUT2D eigenvalue weighted by molar-refractivity contribution is -0.274. The van der Waals surface area contributed by atoms with Crippen LogP contribution in [-0.4, -0.2) is 11.3 Å². The van der Waals surface area contributed by atoms with E-state index in [1.165, 1.54) is 19.1 Å². The highest BCUT2D eigenvalue weighted by molar-refractivity contribution is 5.58. The first kappa shape index (κ1) is 11.1. The van der Waals surface area contributed by atoms with Crippen LogP contribution in [0.1, 0.15) is 11.4 Å². The monoisotopic (exact) mass is 217 g/mol.